The molecule has 3 heteroatoms. The summed E-state index contributed by atoms with van der Waals surface area (Å²) in [6.07, 6.45) is 26.6. The Morgan fingerprint density at radius 3 is 1.83 bits per heavy atom. The van der Waals surface area contributed by atoms with Crippen molar-refractivity contribution >= 4 is 55.3 Å². The largest absolute Gasteiger partial charge is 0.455 e. The predicted molar refractivity (Wildman–Crippen MR) is 275 cm³/mol. The predicted octanol–water partition coefficient (Wildman–Crippen LogP) is 17.7. The fraction of sp³-hybridized carbons (Fsp3) is 0.148. The van der Waals surface area contributed by atoms with E-state index in [2.05, 4.69) is 218 Å². The number of para-hydroxylation sites is 4. The van der Waals surface area contributed by atoms with Crippen LogP contribution in [0.5, 0.6) is 0 Å². The van der Waals surface area contributed by atoms with Gasteiger partial charge in [0.25, 0.3) is 0 Å². The van der Waals surface area contributed by atoms with E-state index < -0.39 is 0 Å². The van der Waals surface area contributed by atoms with E-state index >= 15 is 0 Å². The average molecular weight is 834 g/mol. The van der Waals surface area contributed by atoms with E-state index in [-0.39, 0.29) is 5.41 Å². The molecular formula is C61H55NO2. The van der Waals surface area contributed by atoms with Gasteiger partial charge < -0.3 is 13.7 Å². The summed E-state index contributed by atoms with van der Waals surface area (Å²) in [6, 6.07) is 46.7. The van der Waals surface area contributed by atoms with Gasteiger partial charge in [-0.3, -0.25) is 0 Å². The van der Waals surface area contributed by atoms with Crippen molar-refractivity contribution in [3.8, 4) is 35.1 Å². The lowest BCUT2D eigenvalue weighted by Crippen LogP contribution is -2.15. The third-order valence-corrected chi connectivity index (χ3v) is 12.5. The van der Waals surface area contributed by atoms with Gasteiger partial charge in [0, 0.05) is 55.2 Å². The van der Waals surface area contributed by atoms with Crippen molar-refractivity contribution in [2.24, 2.45) is 11.3 Å². The lowest BCUT2D eigenvalue weighted by atomic mass is 9.78. The van der Waals surface area contributed by atoms with Crippen molar-refractivity contribution in [1.29, 1.82) is 0 Å². The van der Waals surface area contributed by atoms with Crippen LogP contribution in [0.15, 0.2) is 225 Å². The minimum Gasteiger partial charge on any atom is -0.455 e. The summed E-state index contributed by atoms with van der Waals surface area (Å²) in [7, 11) is 0. The second kappa shape index (κ2) is 18.4. The molecule has 0 saturated carbocycles. The van der Waals surface area contributed by atoms with Crippen LogP contribution >= 0.6 is 0 Å². The van der Waals surface area contributed by atoms with Crippen LogP contribution in [0, 0.1) is 24.2 Å². The molecule has 0 spiro atoms. The standard InChI is InChI=1S/C42H31NO2.C17H22.C2H2/c1-3-12-30(4-2)43(31-25-23-28(24-26-31)33-17-10-19-37-35-15-5-7-21-39(35)44-41(33)37)32-14-9-13-29(27-32)34-18-11-20-38-36-16-6-8-22-40(36)45-42(34)38;1-6-8-15-13(7-2)14-11-12(3)9-10-16(14)17(15,4)5;1-2/h3-27H,1-2H3;6-10,12H,2,11H2,1,3-5H3;1-2H/b12-3-,30-4+;8-6-;. The van der Waals surface area contributed by atoms with Crippen molar-refractivity contribution in [2.45, 2.75) is 48.0 Å². The Labute approximate surface area is 378 Å². The third kappa shape index (κ3) is 7.78. The molecule has 2 aliphatic carbocycles. The number of benzene rings is 6. The average Bonchev–Trinajstić information content (AvgIpc) is 3.97. The Kier molecular flexibility index (Phi) is 12.4. The summed E-state index contributed by atoms with van der Waals surface area (Å²) in [5, 5.41) is 4.53. The molecule has 1 unspecified atom stereocenters. The highest BCUT2D eigenvalue weighted by Crippen LogP contribution is 2.51. The SMILES string of the molecule is C#C.C/C=C\C(=C/C)N(c1ccc(-c2cccc3c2oc2ccccc23)cc1)c1cccc(-c2cccc3c2oc2ccccc23)c1.C=CC1=C(/C=C\C)C(C)(C)C2=C1CC(C)C=C2. The zero-order chi connectivity index (χ0) is 45.0. The van der Waals surface area contributed by atoms with Crippen molar-refractivity contribution in [3.63, 3.8) is 0 Å². The Morgan fingerprint density at radius 1 is 0.672 bits per heavy atom. The van der Waals surface area contributed by atoms with Gasteiger partial charge in [0.15, 0.2) is 0 Å². The van der Waals surface area contributed by atoms with Gasteiger partial charge in [-0.2, -0.15) is 0 Å². The van der Waals surface area contributed by atoms with Gasteiger partial charge in [-0.15, -0.1) is 12.8 Å². The molecule has 316 valence electrons. The molecule has 0 radical (unpaired) electrons. The maximum absolute atomic E-state index is 6.39. The van der Waals surface area contributed by atoms with Gasteiger partial charge in [0.2, 0.25) is 0 Å². The molecule has 0 N–H and O–H groups in total. The zero-order valence-corrected chi connectivity index (χ0v) is 37.7. The molecule has 1 atom stereocenters. The second-order valence-corrected chi connectivity index (χ2v) is 16.8. The first-order valence-electron chi connectivity index (χ1n) is 22.1. The number of nitrogens with zero attached hydrogens (tertiary/aromatic N) is 1. The summed E-state index contributed by atoms with van der Waals surface area (Å²) in [5.74, 6) is 0.643. The number of furan rings is 2. The number of allylic oxidation sites excluding steroid dienone is 12. The van der Waals surface area contributed by atoms with Crippen LogP contribution in [0.1, 0.15) is 48.0 Å². The van der Waals surface area contributed by atoms with E-state index in [4.69, 9.17) is 8.83 Å². The van der Waals surface area contributed by atoms with E-state index in [1.807, 2.05) is 30.3 Å². The monoisotopic (exact) mass is 833 g/mol. The number of hydrogen-bond acceptors (Lipinski definition) is 3. The Morgan fingerprint density at radius 2 is 1.25 bits per heavy atom. The second-order valence-electron chi connectivity index (χ2n) is 16.8. The summed E-state index contributed by atoms with van der Waals surface area (Å²) >= 11 is 0. The van der Waals surface area contributed by atoms with Crippen LogP contribution in [0.2, 0.25) is 0 Å². The molecule has 6 aromatic carbocycles. The van der Waals surface area contributed by atoms with E-state index in [1.165, 1.54) is 22.3 Å². The number of hydrogen-bond donors (Lipinski definition) is 0. The minimum atomic E-state index is 0.127. The molecule has 64 heavy (non-hydrogen) atoms. The number of terminal acetylenes is 1. The summed E-state index contributed by atoms with van der Waals surface area (Å²) < 4.78 is 12.7. The first-order valence-corrected chi connectivity index (χ1v) is 22.1. The van der Waals surface area contributed by atoms with Gasteiger partial charge >= 0.3 is 0 Å². The molecule has 8 aromatic rings. The highest BCUT2D eigenvalue weighted by atomic mass is 16.3. The van der Waals surface area contributed by atoms with Gasteiger partial charge in [-0.1, -0.05) is 167 Å². The summed E-state index contributed by atoms with van der Waals surface area (Å²) in [6.45, 7) is 17.1. The van der Waals surface area contributed by atoms with Crippen molar-refractivity contribution < 1.29 is 8.83 Å². The molecule has 0 amide bonds. The Bertz CT molecular complexity index is 3240. The molecule has 0 bridgehead atoms. The van der Waals surface area contributed by atoms with Gasteiger partial charge in [-0.25, -0.2) is 0 Å². The van der Waals surface area contributed by atoms with E-state index in [0.717, 1.165) is 89.6 Å². The molecule has 2 aromatic heterocycles. The Balaban J connectivity index is 0.000000247. The zero-order valence-electron chi connectivity index (χ0n) is 37.7. The quantitative estimate of drug-likeness (QED) is 0.113. The fourth-order valence-corrected chi connectivity index (χ4v) is 9.51. The molecule has 0 aliphatic heterocycles. The number of anilines is 2. The topological polar surface area (TPSA) is 29.5 Å². The third-order valence-electron chi connectivity index (χ3n) is 12.5. The number of fused-ring (bicyclic) bond motifs is 6. The van der Waals surface area contributed by atoms with Crippen LogP contribution in [-0.2, 0) is 0 Å². The van der Waals surface area contributed by atoms with Crippen molar-refractivity contribution in [1.82, 2.24) is 0 Å². The minimum absolute atomic E-state index is 0.127. The van der Waals surface area contributed by atoms with E-state index in [9.17, 15) is 0 Å². The van der Waals surface area contributed by atoms with Crippen LogP contribution in [0.4, 0.5) is 11.4 Å². The molecular weight excluding hydrogens is 779 g/mol. The Hall–Kier alpha value is -7.54. The summed E-state index contributed by atoms with van der Waals surface area (Å²) in [4.78, 5) is 2.30. The normalized spacial score (nSPS) is 15.8. The highest BCUT2D eigenvalue weighted by molar-refractivity contribution is 6.10. The maximum Gasteiger partial charge on any atom is 0.143 e. The van der Waals surface area contributed by atoms with Crippen LogP contribution < -0.4 is 4.90 Å². The number of rotatable bonds is 8. The van der Waals surface area contributed by atoms with Crippen LogP contribution in [-0.4, -0.2) is 0 Å². The van der Waals surface area contributed by atoms with Gasteiger partial charge in [0.05, 0.1) is 0 Å². The molecule has 2 heterocycles. The molecule has 0 saturated heterocycles. The van der Waals surface area contributed by atoms with E-state index in [0.29, 0.717) is 5.92 Å². The lowest BCUT2D eigenvalue weighted by Gasteiger charge is -2.27. The van der Waals surface area contributed by atoms with Crippen molar-refractivity contribution in [2.75, 3.05) is 4.90 Å². The van der Waals surface area contributed by atoms with Gasteiger partial charge in [-0.05, 0) is 109 Å². The van der Waals surface area contributed by atoms with Crippen LogP contribution in [0.25, 0.3) is 66.1 Å². The fourth-order valence-electron chi connectivity index (χ4n) is 9.51. The smallest absolute Gasteiger partial charge is 0.143 e. The maximum atomic E-state index is 6.39. The van der Waals surface area contributed by atoms with E-state index in [1.54, 1.807) is 0 Å². The summed E-state index contributed by atoms with van der Waals surface area (Å²) in [5.41, 5.74) is 17.1. The van der Waals surface area contributed by atoms with Crippen molar-refractivity contribution in [3.05, 3.63) is 217 Å². The first-order chi connectivity index (χ1) is 31.2. The molecule has 2 aliphatic rings. The first kappa shape index (κ1) is 43.1. The molecule has 10 rings (SSSR count). The van der Waals surface area contributed by atoms with Gasteiger partial charge in [0.1, 0.15) is 22.3 Å². The highest BCUT2D eigenvalue weighted by Gasteiger charge is 2.37. The molecule has 0 fully saturated rings. The lowest BCUT2D eigenvalue weighted by molar-refractivity contribution is 0.565. The van der Waals surface area contributed by atoms with Crippen LogP contribution in [0.3, 0.4) is 0 Å². The molecule has 3 nitrogen and oxygen atoms in total.